The average molecular weight is 352 g/mol. The van der Waals surface area contributed by atoms with Gasteiger partial charge in [0.25, 0.3) is 5.91 Å². The maximum Gasteiger partial charge on any atom is 0.253 e. The molecule has 0 aromatic heterocycles. The molecule has 0 radical (unpaired) electrons. The van der Waals surface area contributed by atoms with Crippen LogP contribution in [0.5, 0.6) is 0 Å². The second-order valence-corrected chi connectivity index (χ2v) is 5.97. The van der Waals surface area contributed by atoms with Crippen LogP contribution in [0.3, 0.4) is 0 Å². The van der Waals surface area contributed by atoms with E-state index in [9.17, 15) is 9.18 Å². The molecule has 3 nitrogen and oxygen atoms in total. The summed E-state index contributed by atoms with van der Waals surface area (Å²) in [6.07, 6.45) is 0.914. The maximum absolute atomic E-state index is 13.1. The summed E-state index contributed by atoms with van der Waals surface area (Å²) < 4.78 is 13.4. The number of amides is 1. The highest BCUT2D eigenvalue weighted by Crippen LogP contribution is 2.30. The molecule has 0 spiro atoms. The van der Waals surface area contributed by atoms with Gasteiger partial charge in [0.05, 0.1) is 4.47 Å². The molecule has 6 heteroatoms. The largest absolute Gasteiger partial charge is 0.338 e. The highest BCUT2D eigenvalue weighted by atomic mass is 79.9. The Balaban J connectivity index is 0.00000180. The number of rotatable bonds is 2. The number of halogens is 3. The molecule has 1 aliphatic heterocycles. The lowest BCUT2D eigenvalue weighted by Gasteiger charge is -2.22. The summed E-state index contributed by atoms with van der Waals surface area (Å²) in [5, 5.41) is 0. The number of hydrogen-bond donors (Lipinski definition) is 1. The first-order chi connectivity index (χ1) is 8.45. The van der Waals surface area contributed by atoms with Crippen LogP contribution in [0, 0.1) is 11.2 Å². The van der Waals surface area contributed by atoms with Gasteiger partial charge in [0.1, 0.15) is 5.82 Å². The molecule has 0 saturated carbocycles. The van der Waals surface area contributed by atoms with E-state index in [-0.39, 0.29) is 29.5 Å². The lowest BCUT2D eigenvalue weighted by Crippen LogP contribution is -2.34. The van der Waals surface area contributed by atoms with Gasteiger partial charge in [-0.3, -0.25) is 4.79 Å². The van der Waals surface area contributed by atoms with E-state index in [1.165, 1.54) is 18.2 Å². The number of nitrogens with zero attached hydrogens (tertiary/aromatic N) is 1. The number of benzene rings is 1. The minimum Gasteiger partial charge on any atom is -0.338 e. The third-order valence-corrected chi connectivity index (χ3v) is 4.11. The number of carbonyl (C=O) groups excluding carboxylic acids is 1. The summed E-state index contributed by atoms with van der Waals surface area (Å²) in [6.45, 7) is 4.03. The van der Waals surface area contributed by atoms with Crippen molar-refractivity contribution in [2.75, 3.05) is 19.6 Å². The van der Waals surface area contributed by atoms with E-state index in [0.29, 0.717) is 29.7 Å². The second-order valence-electron chi connectivity index (χ2n) is 5.12. The number of carbonyl (C=O) groups is 1. The summed E-state index contributed by atoms with van der Waals surface area (Å²) in [6, 6.07) is 4.34. The molecule has 106 valence electrons. The molecule has 1 unspecified atom stereocenters. The molecule has 19 heavy (non-hydrogen) atoms. The first kappa shape index (κ1) is 16.4. The van der Waals surface area contributed by atoms with Gasteiger partial charge in [-0.15, -0.1) is 12.4 Å². The third-order valence-electron chi connectivity index (χ3n) is 3.50. The molecule has 2 rings (SSSR count). The van der Waals surface area contributed by atoms with Crippen LogP contribution in [0.1, 0.15) is 23.7 Å². The monoisotopic (exact) mass is 350 g/mol. The van der Waals surface area contributed by atoms with E-state index >= 15 is 0 Å². The van der Waals surface area contributed by atoms with E-state index in [1.807, 2.05) is 0 Å². The van der Waals surface area contributed by atoms with Crippen molar-refractivity contribution in [3.63, 3.8) is 0 Å². The molecule has 1 aromatic rings. The van der Waals surface area contributed by atoms with Crippen molar-refractivity contribution in [3.05, 3.63) is 34.1 Å². The molecule has 1 amide bonds. The molecule has 2 N–H and O–H groups in total. The Morgan fingerprint density at radius 2 is 2.26 bits per heavy atom. The summed E-state index contributed by atoms with van der Waals surface area (Å²) >= 11 is 3.09. The van der Waals surface area contributed by atoms with Crippen molar-refractivity contribution in [1.29, 1.82) is 0 Å². The van der Waals surface area contributed by atoms with Crippen LogP contribution in [-0.4, -0.2) is 30.4 Å². The van der Waals surface area contributed by atoms with Gasteiger partial charge in [-0.25, -0.2) is 4.39 Å². The number of likely N-dealkylation sites (tertiary alicyclic amines) is 1. The predicted octanol–water partition coefficient (Wildman–Crippen LogP) is 2.82. The SMILES string of the molecule is CC1(CN)CCN(C(=O)c2ccc(F)c(Br)c2)C1.Cl. The van der Waals surface area contributed by atoms with E-state index in [2.05, 4.69) is 22.9 Å². The Labute approximate surface area is 126 Å². The molecule has 1 aromatic carbocycles. The smallest absolute Gasteiger partial charge is 0.253 e. The normalized spacial score (nSPS) is 22.2. The van der Waals surface area contributed by atoms with Crippen LogP contribution < -0.4 is 5.73 Å². The second kappa shape index (κ2) is 6.20. The first-order valence-corrected chi connectivity index (χ1v) is 6.69. The fraction of sp³-hybridized carbons (Fsp3) is 0.462. The van der Waals surface area contributed by atoms with Crippen molar-refractivity contribution in [2.45, 2.75) is 13.3 Å². The van der Waals surface area contributed by atoms with Crippen molar-refractivity contribution in [1.82, 2.24) is 4.90 Å². The molecule has 0 bridgehead atoms. The summed E-state index contributed by atoms with van der Waals surface area (Å²) in [4.78, 5) is 14.0. The number of hydrogen-bond acceptors (Lipinski definition) is 2. The Morgan fingerprint density at radius 1 is 1.58 bits per heavy atom. The fourth-order valence-corrected chi connectivity index (χ4v) is 2.55. The first-order valence-electron chi connectivity index (χ1n) is 5.90. The fourth-order valence-electron chi connectivity index (χ4n) is 2.18. The molecule has 1 fully saturated rings. The number of nitrogens with two attached hydrogens (primary N) is 1. The average Bonchev–Trinajstić information content (AvgIpc) is 2.75. The van der Waals surface area contributed by atoms with Crippen LogP contribution in [0.25, 0.3) is 0 Å². The highest BCUT2D eigenvalue weighted by molar-refractivity contribution is 9.10. The van der Waals surface area contributed by atoms with Crippen molar-refractivity contribution in [3.8, 4) is 0 Å². The van der Waals surface area contributed by atoms with Crippen molar-refractivity contribution in [2.24, 2.45) is 11.1 Å². The lowest BCUT2D eigenvalue weighted by atomic mass is 9.90. The van der Waals surface area contributed by atoms with Crippen LogP contribution in [0.4, 0.5) is 4.39 Å². The Morgan fingerprint density at radius 3 is 2.79 bits per heavy atom. The summed E-state index contributed by atoms with van der Waals surface area (Å²) in [5.41, 5.74) is 6.23. The van der Waals surface area contributed by atoms with Crippen LogP contribution >= 0.6 is 28.3 Å². The van der Waals surface area contributed by atoms with Crippen LogP contribution in [0.15, 0.2) is 22.7 Å². The molecule has 1 atom stereocenters. The molecule has 1 saturated heterocycles. The van der Waals surface area contributed by atoms with E-state index < -0.39 is 0 Å². The quantitative estimate of drug-likeness (QED) is 0.890. The molecular weight excluding hydrogens is 335 g/mol. The van der Waals surface area contributed by atoms with Crippen molar-refractivity contribution < 1.29 is 9.18 Å². The van der Waals surface area contributed by atoms with E-state index in [4.69, 9.17) is 5.73 Å². The van der Waals surface area contributed by atoms with Crippen molar-refractivity contribution >= 4 is 34.2 Å². The van der Waals surface area contributed by atoms with Gasteiger partial charge in [-0.1, -0.05) is 6.92 Å². The molecular formula is C13H17BrClFN2O. The maximum atomic E-state index is 13.1. The Hall–Kier alpha value is -0.650. The van der Waals surface area contributed by atoms with E-state index in [0.717, 1.165) is 6.42 Å². The van der Waals surface area contributed by atoms with Gasteiger partial charge in [-0.2, -0.15) is 0 Å². The minimum atomic E-state index is -0.361. The zero-order chi connectivity index (χ0) is 13.3. The molecule has 1 heterocycles. The highest BCUT2D eigenvalue weighted by Gasteiger charge is 2.35. The van der Waals surface area contributed by atoms with Gasteiger partial charge in [0.15, 0.2) is 0 Å². The van der Waals surface area contributed by atoms with Gasteiger partial charge in [0.2, 0.25) is 0 Å². The zero-order valence-corrected chi connectivity index (χ0v) is 13.1. The predicted molar refractivity (Wildman–Crippen MR) is 79.0 cm³/mol. The topological polar surface area (TPSA) is 46.3 Å². The van der Waals surface area contributed by atoms with Gasteiger partial charge >= 0.3 is 0 Å². The summed E-state index contributed by atoms with van der Waals surface area (Å²) in [7, 11) is 0. The van der Waals surface area contributed by atoms with Gasteiger partial charge in [-0.05, 0) is 52.5 Å². The Bertz CT molecular complexity index is 486. The van der Waals surface area contributed by atoms with E-state index in [1.54, 1.807) is 4.90 Å². The Kier molecular flexibility index (Phi) is 5.35. The summed E-state index contributed by atoms with van der Waals surface area (Å²) in [5.74, 6) is -0.423. The van der Waals surface area contributed by atoms with Crippen LogP contribution in [-0.2, 0) is 0 Å². The zero-order valence-electron chi connectivity index (χ0n) is 10.7. The van der Waals surface area contributed by atoms with Crippen LogP contribution in [0.2, 0.25) is 0 Å². The van der Waals surface area contributed by atoms with Gasteiger partial charge < -0.3 is 10.6 Å². The molecule has 0 aliphatic carbocycles. The van der Waals surface area contributed by atoms with Gasteiger partial charge in [0, 0.05) is 18.7 Å². The standard InChI is InChI=1S/C13H16BrFN2O.ClH/c1-13(7-16)4-5-17(8-13)12(18)9-2-3-11(15)10(14)6-9;/h2-3,6H,4-5,7-8,16H2,1H3;1H. The minimum absolute atomic E-state index is 0. The molecule has 1 aliphatic rings. The lowest BCUT2D eigenvalue weighted by molar-refractivity contribution is 0.0777. The third kappa shape index (κ3) is 3.46.